The van der Waals surface area contributed by atoms with E-state index in [1.807, 2.05) is 44.1 Å². The molecule has 29 heavy (non-hydrogen) atoms. The molecule has 0 fully saturated rings. The zero-order chi connectivity index (χ0) is 21.0. The van der Waals surface area contributed by atoms with Gasteiger partial charge in [-0.05, 0) is 44.3 Å². The van der Waals surface area contributed by atoms with E-state index in [9.17, 15) is 14.9 Å². The second-order valence-electron chi connectivity index (χ2n) is 6.90. The van der Waals surface area contributed by atoms with Crippen LogP contribution in [0.3, 0.4) is 0 Å². The van der Waals surface area contributed by atoms with Crippen molar-refractivity contribution in [2.75, 3.05) is 32.1 Å². The van der Waals surface area contributed by atoms with Crippen LogP contribution >= 0.6 is 11.3 Å². The number of fused-ring (bicyclic) bond motifs is 1. The molecule has 0 N–H and O–H groups in total. The molecule has 150 valence electrons. The van der Waals surface area contributed by atoms with Crippen molar-refractivity contribution in [2.45, 2.75) is 6.92 Å². The van der Waals surface area contributed by atoms with Gasteiger partial charge < -0.3 is 4.90 Å². The van der Waals surface area contributed by atoms with Gasteiger partial charge in [0, 0.05) is 31.3 Å². The van der Waals surface area contributed by atoms with Gasteiger partial charge in [-0.2, -0.15) is 0 Å². The molecule has 3 aromatic rings. The van der Waals surface area contributed by atoms with E-state index in [1.165, 1.54) is 29.5 Å². The summed E-state index contributed by atoms with van der Waals surface area (Å²) in [5, 5.41) is 11.6. The summed E-state index contributed by atoms with van der Waals surface area (Å²) in [5.74, 6) is -0.213. The Morgan fingerprint density at radius 1 is 1.21 bits per heavy atom. The molecule has 0 aliphatic rings. The highest BCUT2D eigenvalue weighted by Crippen LogP contribution is 2.30. The first-order valence-corrected chi connectivity index (χ1v) is 9.92. The fourth-order valence-corrected chi connectivity index (χ4v) is 3.86. The number of hydrogen-bond acceptors (Lipinski definition) is 6. The Hall–Kier alpha value is -3.10. The standard InChI is InChI=1S/C21H22N4O3S/c1-15-6-4-9-18-20(15)22-21(29-18)24(13-12-23(2)3)19(26)11-10-16-7-5-8-17(14-16)25(27)28/h4-11,14H,12-13H2,1-3H3. The van der Waals surface area contributed by atoms with Gasteiger partial charge in [-0.1, -0.05) is 35.6 Å². The van der Waals surface area contributed by atoms with Crippen LogP contribution in [0.5, 0.6) is 0 Å². The van der Waals surface area contributed by atoms with Crippen LogP contribution < -0.4 is 4.90 Å². The number of nitro benzene ring substituents is 1. The Bertz CT molecular complexity index is 1070. The molecule has 0 unspecified atom stereocenters. The molecule has 2 aromatic carbocycles. The molecule has 0 saturated heterocycles. The Morgan fingerprint density at radius 3 is 2.66 bits per heavy atom. The van der Waals surface area contributed by atoms with Gasteiger partial charge in [0.15, 0.2) is 5.13 Å². The Balaban J connectivity index is 1.89. The van der Waals surface area contributed by atoms with E-state index < -0.39 is 4.92 Å². The zero-order valence-corrected chi connectivity index (χ0v) is 17.3. The average molecular weight is 410 g/mol. The van der Waals surface area contributed by atoms with Crippen LogP contribution in [-0.2, 0) is 4.79 Å². The van der Waals surface area contributed by atoms with Gasteiger partial charge in [0.25, 0.3) is 11.6 Å². The monoisotopic (exact) mass is 410 g/mol. The van der Waals surface area contributed by atoms with Gasteiger partial charge in [0.1, 0.15) is 0 Å². The van der Waals surface area contributed by atoms with Gasteiger partial charge in [-0.3, -0.25) is 19.8 Å². The summed E-state index contributed by atoms with van der Waals surface area (Å²) >= 11 is 1.48. The van der Waals surface area contributed by atoms with Crippen molar-refractivity contribution in [3.8, 4) is 0 Å². The number of para-hydroxylation sites is 1. The first-order chi connectivity index (χ1) is 13.8. The molecular weight excluding hydrogens is 388 g/mol. The Kier molecular flexibility index (Phi) is 6.36. The Labute approximate surface area is 173 Å². The number of nitrogens with zero attached hydrogens (tertiary/aromatic N) is 4. The molecule has 0 bridgehead atoms. The van der Waals surface area contributed by atoms with E-state index in [-0.39, 0.29) is 11.6 Å². The number of amides is 1. The predicted molar refractivity (Wildman–Crippen MR) is 117 cm³/mol. The molecule has 1 amide bonds. The highest BCUT2D eigenvalue weighted by Gasteiger charge is 2.18. The fourth-order valence-electron chi connectivity index (χ4n) is 2.79. The van der Waals surface area contributed by atoms with E-state index in [0.717, 1.165) is 15.8 Å². The molecule has 1 aromatic heterocycles. The van der Waals surface area contributed by atoms with Crippen LogP contribution in [-0.4, -0.2) is 47.9 Å². The number of benzene rings is 2. The number of carbonyl (C=O) groups excluding carboxylic acids is 1. The zero-order valence-electron chi connectivity index (χ0n) is 16.5. The van der Waals surface area contributed by atoms with Crippen molar-refractivity contribution in [3.63, 3.8) is 0 Å². The summed E-state index contributed by atoms with van der Waals surface area (Å²) in [4.78, 5) is 31.8. The van der Waals surface area contributed by atoms with E-state index in [1.54, 1.807) is 23.1 Å². The number of anilines is 1. The number of likely N-dealkylation sites (N-methyl/N-ethyl adjacent to an activating group) is 1. The van der Waals surface area contributed by atoms with Gasteiger partial charge in [0.05, 0.1) is 15.1 Å². The number of aromatic nitrogens is 1. The smallest absolute Gasteiger partial charge is 0.270 e. The summed E-state index contributed by atoms with van der Waals surface area (Å²) in [5.41, 5.74) is 2.56. The maximum Gasteiger partial charge on any atom is 0.270 e. The van der Waals surface area contributed by atoms with E-state index >= 15 is 0 Å². The fraction of sp³-hybridized carbons (Fsp3) is 0.238. The summed E-state index contributed by atoms with van der Waals surface area (Å²) in [6.07, 6.45) is 3.03. The van der Waals surface area contributed by atoms with Crippen molar-refractivity contribution in [3.05, 3.63) is 69.8 Å². The lowest BCUT2D eigenvalue weighted by atomic mass is 10.2. The van der Waals surface area contributed by atoms with Crippen LogP contribution in [0, 0.1) is 17.0 Å². The number of non-ortho nitro benzene ring substituents is 1. The third-order valence-corrected chi connectivity index (χ3v) is 5.42. The van der Waals surface area contributed by atoms with Crippen molar-refractivity contribution in [2.24, 2.45) is 0 Å². The van der Waals surface area contributed by atoms with Crippen molar-refractivity contribution >= 4 is 44.4 Å². The minimum atomic E-state index is -0.452. The van der Waals surface area contributed by atoms with Crippen LogP contribution in [0.4, 0.5) is 10.8 Å². The number of rotatable bonds is 7. The van der Waals surface area contributed by atoms with Crippen molar-refractivity contribution in [1.82, 2.24) is 9.88 Å². The van der Waals surface area contributed by atoms with Gasteiger partial charge in [0.2, 0.25) is 0 Å². The highest BCUT2D eigenvalue weighted by atomic mass is 32.1. The van der Waals surface area contributed by atoms with E-state index in [2.05, 4.69) is 4.98 Å². The third-order valence-electron chi connectivity index (χ3n) is 4.38. The SMILES string of the molecule is Cc1cccc2sc(N(CCN(C)C)C(=O)C=Cc3cccc([N+](=O)[O-])c3)nc12. The maximum atomic E-state index is 13.0. The quantitative estimate of drug-likeness (QED) is 0.333. The van der Waals surface area contributed by atoms with Gasteiger partial charge in [-0.25, -0.2) is 4.98 Å². The van der Waals surface area contributed by atoms with Crippen LogP contribution in [0.2, 0.25) is 0 Å². The number of hydrogen-bond donors (Lipinski definition) is 0. The molecule has 0 radical (unpaired) electrons. The maximum absolute atomic E-state index is 13.0. The molecule has 0 atom stereocenters. The largest absolute Gasteiger partial charge is 0.308 e. The summed E-state index contributed by atoms with van der Waals surface area (Å²) < 4.78 is 1.03. The predicted octanol–water partition coefficient (Wildman–Crippen LogP) is 4.12. The first-order valence-electron chi connectivity index (χ1n) is 9.10. The number of carbonyl (C=O) groups is 1. The lowest BCUT2D eigenvalue weighted by Crippen LogP contribution is -2.35. The summed E-state index contributed by atoms with van der Waals surface area (Å²) in [6, 6.07) is 12.2. The topological polar surface area (TPSA) is 79.6 Å². The summed E-state index contributed by atoms with van der Waals surface area (Å²) in [7, 11) is 3.90. The van der Waals surface area contributed by atoms with Crippen molar-refractivity contribution < 1.29 is 9.72 Å². The minimum Gasteiger partial charge on any atom is -0.308 e. The lowest BCUT2D eigenvalue weighted by Gasteiger charge is -2.20. The lowest BCUT2D eigenvalue weighted by molar-refractivity contribution is -0.384. The molecule has 7 nitrogen and oxygen atoms in total. The normalized spacial score (nSPS) is 11.4. The number of nitro groups is 1. The van der Waals surface area contributed by atoms with Crippen LogP contribution in [0.1, 0.15) is 11.1 Å². The first kappa shape index (κ1) is 20.6. The van der Waals surface area contributed by atoms with Gasteiger partial charge in [-0.15, -0.1) is 0 Å². The number of aryl methyl sites for hydroxylation is 1. The average Bonchev–Trinajstić information content (AvgIpc) is 3.12. The Morgan fingerprint density at radius 2 is 1.97 bits per heavy atom. The molecule has 0 aliphatic carbocycles. The molecular formula is C21H22N4O3S. The molecule has 0 aliphatic heterocycles. The van der Waals surface area contributed by atoms with Crippen molar-refractivity contribution in [1.29, 1.82) is 0 Å². The molecule has 0 spiro atoms. The third kappa shape index (κ3) is 5.04. The summed E-state index contributed by atoms with van der Waals surface area (Å²) in [6.45, 7) is 3.18. The second kappa shape index (κ2) is 8.93. The minimum absolute atomic E-state index is 0.00860. The van der Waals surface area contributed by atoms with Gasteiger partial charge >= 0.3 is 0 Å². The second-order valence-corrected chi connectivity index (χ2v) is 7.91. The van der Waals surface area contributed by atoms with E-state index in [4.69, 9.17) is 0 Å². The van der Waals surface area contributed by atoms with E-state index in [0.29, 0.717) is 23.8 Å². The highest BCUT2D eigenvalue weighted by molar-refractivity contribution is 7.22. The van der Waals surface area contributed by atoms with Crippen LogP contribution in [0.15, 0.2) is 48.5 Å². The molecule has 3 rings (SSSR count). The number of thiazole rings is 1. The van der Waals surface area contributed by atoms with Crippen LogP contribution in [0.25, 0.3) is 16.3 Å². The molecule has 1 heterocycles. The molecule has 0 saturated carbocycles. The molecule has 8 heteroatoms.